The molecule has 0 bridgehead atoms. The molecule has 1 heterocycles. The van der Waals surface area contributed by atoms with E-state index in [1.807, 2.05) is 13.8 Å². The maximum absolute atomic E-state index is 12.0. The number of hydrogen-bond donors (Lipinski definition) is 3. The zero-order valence-electron chi connectivity index (χ0n) is 17.8. The molecule has 1 amide bonds. The van der Waals surface area contributed by atoms with Crippen molar-refractivity contribution in [2.45, 2.75) is 52.7 Å². The van der Waals surface area contributed by atoms with Gasteiger partial charge >= 0.3 is 0 Å². The predicted octanol–water partition coefficient (Wildman–Crippen LogP) is 2.59. The third-order valence-corrected chi connectivity index (χ3v) is 5.09. The zero-order valence-corrected chi connectivity index (χ0v) is 20.1. The summed E-state index contributed by atoms with van der Waals surface area (Å²) in [6.45, 7) is 11.4. The topological polar surface area (TPSA) is 68.8 Å². The van der Waals surface area contributed by atoms with Gasteiger partial charge in [-0.3, -0.25) is 14.7 Å². The summed E-state index contributed by atoms with van der Waals surface area (Å²) in [4.78, 5) is 19.2. The van der Waals surface area contributed by atoms with Crippen molar-refractivity contribution in [3.8, 4) is 0 Å². The predicted molar refractivity (Wildman–Crippen MR) is 127 cm³/mol. The van der Waals surface area contributed by atoms with Gasteiger partial charge < -0.3 is 16.0 Å². The first-order valence-electron chi connectivity index (χ1n) is 9.90. The van der Waals surface area contributed by atoms with Gasteiger partial charge in [-0.05, 0) is 39.7 Å². The minimum absolute atomic E-state index is 0. The number of rotatable bonds is 7. The van der Waals surface area contributed by atoms with Crippen LogP contribution in [0, 0.1) is 5.41 Å². The number of halogens is 1. The molecular weight excluding hydrogens is 465 g/mol. The number of amides is 1. The van der Waals surface area contributed by atoms with E-state index < -0.39 is 5.41 Å². The van der Waals surface area contributed by atoms with E-state index in [4.69, 9.17) is 0 Å². The van der Waals surface area contributed by atoms with Crippen LogP contribution >= 0.6 is 24.0 Å². The van der Waals surface area contributed by atoms with Crippen LogP contribution in [0.1, 0.15) is 39.7 Å². The average molecular weight is 501 g/mol. The standard InChI is InChI=1S/C21H35N5O.HI/c1-6-23-20(24-15-21(3,4)19(27)22-5)25-18-12-16(2)26(14-18)13-17-10-8-7-9-11-17;/h7-11,16,18H,6,12-15H2,1-5H3,(H,22,27)(H2,23,24,25);1H. The molecule has 0 radical (unpaired) electrons. The number of aliphatic imine (C=N–C) groups is 1. The Bertz CT molecular complexity index is 635. The lowest BCUT2D eigenvalue weighted by atomic mass is 9.93. The van der Waals surface area contributed by atoms with Gasteiger partial charge in [-0.25, -0.2) is 0 Å². The molecule has 6 nitrogen and oxygen atoms in total. The minimum Gasteiger partial charge on any atom is -0.359 e. The molecule has 1 saturated heterocycles. The van der Waals surface area contributed by atoms with Crippen LogP contribution in [0.2, 0.25) is 0 Å². The highest BCUT2D eigenvalue weighted by Crippen LogP contribution is 2.20. The lowest BCUT2D eigenvalue weighted by Gasteiger charge is -2.23. The number of guanidine groups is 1. The van der Waals surface area contributed by atoms with Gasteiger partial charge in [0.1, 0.15) is 0 Å². The Morgan fingerprint density at radius 3 is 2.57 bits per heavy atom. The molecule has 0 aromatic heterocycles. The summed E-state index contributed by atoms with van der Waals surface area (Å²) < 4.78 is 0. The van der Waals surface area contributed by atoms with Gasteiger partial charge in [0.05, 0.1) is 12.0 Å². The summed E-state index contributed by atoms with van der Waals surface area (Å²) in [5.74, 6) is 0.791. The molecule has 2 unspecified atom stereocenters. The fourth-order valence-corrected chi connectivity index (χ4v) is 3.44. The third-order valence-electron chi connectivity index (χ3n) is 5.09. The van der Waals surface area contributed by atoms with Gasteiger partial charge in [-0.2, -0.15) is 0 Å². The van der Waals surface area contributed by atoms with Crippen LogP contribution in [0.4, 0.5) is 0 Å². The Balaban J connectivity index is 0.00000392. The van der Waals surface area contributed by atoms with Crippen molar-refractivity contribution in [3.05, 3.63) is 35.9 Å². The second kappa shape index (κ2) is 11.6. The molecule has 1 aliphatic heterocycles. The summed E-state index contributed by atoms with van der Waals surface area (Å²) in [5, 5.41) is 9.58. The van der Waals surface area contributed by atoms with Crippen LogP contribution in [0.15, 0.2) is 35.3 Å². The first-order valence-corrected chi connectivity index (χ1v) is 9.90. The smallest absolute Gasteiger partial charge is 0.227 e. The Morgan fingerprint density at radius 1 is 1.29 bits per heavy atom. The zero-order chi connectivity index (χ0) is 19.9. The van der Waals surface area contributed by atoms with Gasteiger partial charge in [0.15, 0.2) is 5.96 Å². The van der Waals surface area contributed by atoms with Gasteiger partial charge in [-0.1, -0.05) is 30.3 Å². The van der Waals surface area contributed by atoms with Crippen LogP contribution in [-0.2, 0) is 11.3 Å². The molecule has 1 aromatic carbocycles. The van der Waals surface area contributed by atoms with Crippen molar-refractivity contribution in [1.82, 2.24) is 20.9 Å². The fourth-order valence-electron chi connectivity index (χ4n) is 3.44. The average Bonchev–Trinajstić information content (AvgIpc) is 2.99. The summed E-state index contributed by atoms with van der Waals surface area (Å²) in [7, 11) is 1.67. The first kappa shape index (κ1) is 24.7. The third kappa shape index (κ3) is 7.24. The molecule has 0 aliphatic carbocycles. The van der Waals surface area contributed by atoms with Gasteiger partial charge in [0, 0.05) is 38.8 Å². The van der Waals surface area contributed by atoms with E-state index in [0.29, 0.717) is 18.6 Å². The highest BCUT2D eigenvalue weighted by atomic mass is 127. The molecule has 28 heavy (non-hydrogen) atoms. The van der Waals surface area contributed by atoms with Crippen molar-refractivity contribution in [2.75, 3.05) is 26.7 Å². The largest absolute Gasteiger partial charge is 0.359 e. The van der Waals surface area contributed by atoms with E-state index in [9.17, 15) is 4.79 Å². The van der Waals surface area contributed by atoms with Gasteiger partial charge in [0.25, 0.3) is 0 Å². The second-order valence-corrected chi connectivity index (χ2v) is 8.00. The van der Waals surface area contributed by atoms with Crippen LogP contribution in [0.25, 0.3) is 0 Å². The van der Waals surface area contributed by atoms with Crippen molar-refractivity contribution in [3.63, 3.8) is 0 Å². The first-order chi connectivity index (χ1) is 12.9. The van der Waals surface area contributed by atoms with Crippen molar-refractivity contribution < 1.29 is 4.79 Å². The molecule has 0 spiro atoms. The minimum atomic E-state index is -0.528. The monoisotopic (exact) mass is 501 g/mol. The molecule has 3 N–H and O–H groups in total. The quantitative estimate of drug-likeness (QED) is 0.305. The summed E-state index contributed by atoms with van der Waals surface area (Å²) >= 11 is 0. The Kier molecular flexibility index (Phi) is 10.2. The molecule has 2 atom stereocenters. The molecule has 0 saturated carbocycles. The Labute approximate surface area is 187 Å². The van der Waals surface area contributed by atoms with Gasteiger partial charge in [-0.15, -0.1) is 24.0 Å². The summed E-state index contributed by atoms with van der Waals surface area (Å²) in [6.07, 6.45) is 1.08. The summed E-state index contributed by atoms with van der Waals surface area (Å²) in [6, 6.07) is 11.5. The number of likely N-dealkylation sites (tertiary alicyclic amines) is 1. The SMILES string of the molecule is CCNC(=NCC(C)(C)C(=O)NC)NC1CC(C)N(Cc2ccccc2)C1.I. The number of benzene rings is 1. The number of carbonyl (C=O) groups is 1. The maximum atomic E-state index is 12.0. The van der Waals surface area contributed by atoms with E-state index >= 15 is 0 Å². The molecule has 158 valence electrons. The molecule has 1 fully saturated rings. The molecule has 1 aliphatic rings. The van der Waals surface area contributed by atoms with E-state index in [1.165, 1.54) is 5.56 Å². The Hall–Kier alpha value is -1.35. The molecule has 2 rings (SSSR count). The number of nitrogens with zero attached hydrogens (tertiary/aromatic N) is 2. The van der Waals surface area contributed by atoms with E-state index in [0.717, 1.165) is 32.0 Å². The summed E-state index contributed by atoms with van der Waals surface area (Å²) in [5.41, 5.74) is 0.817. The Morgan fingerprint density at radius 2 is 1.96 bits per heavy atom. The number of nitrogens with one attached hydrogen (secondary N) is 3. The van der Waals surface area contributed by atoms with Crippen molar-refractivity contribution in [2.24, 2.45) is 10.4 Å². The highest BCUT2D eigenvalue weighted by molar-refractivity contribution is 14.0. The molecule has 7 heteroatoms. The molecular formula is C21H36IN5O. The lowest BCUT2D eigenvalue weighted by molar-refractivity contribution is -0.128. The highest BCUT2D eigenvalue weighted by Gasteiger charge is 2.30. The number of hydrogen-bond acceptors (Lipinski definition) is 3. The lowest BCUT2D eigenvalue weighted by Crippen LogP contribution is -2.45. The normalized spacial score (nSPS) is 20.4. The maximum Gasteiger partial charge on any atom is 0.227 e. The van der Waals surface area contributed by atoms with E-state index in [-0.39, 0.29) is 29.9 Å². The van der Waals surface area contributed by atoms with E-state index in [1.54, 1.807) is 7.05 Å². The van der Waals surface area contributed by atoms with E-state index in [2.05, 4.69) is 70.0 Å². The van der Waals surface area contributed by atoms with Crippen molar-refractivity contribution >= 4 is 35.8 Å². The fraction of sp³-hybridized carbons (Fsp3) is 0.619. The van der Waals surface area contributed by atoms with Crippen molar-refractivity contribution in [1.29, 1.82) is 0 Å². The van der Waals surface area contributed by atoms with Crippen LogP contribution < -0.4 is 16.0 Å². The second-order valence-electron chi connectivity index (χ2n) is 8.00. The number of carbonyl (C=O) groups excluding carboxylic acids is 1. The molecule has 1 aromatic rings. The van der Waals surface area contributed by atoms with Crippen LogP contribution in [0.5, 0.6) is 0 Å². The van der Waals surface area contributed by atoms with Crippen LogP contribution in [0.3, 0.4) is 0 Å². The van der Waals surface area contributed by atoms with Crippen LogP contribution in [-0.4, -0.2) is 55.5 Å². The van der Waals surface area contributed by atoms with Gasteiger partial charge in [0.2, 0.25) is 5.91 Å².